The van der Waals surface area contributed by atoms with Crippen LogP contribution in [-0.4, -0.2) is 55.8 Å². The zero-order chi connectivity index (χ0) is 39.1. The van der Waals surface area contributed by atoms with Crippen molar-refractivity contribution < 1.29 is 34.0 Å². The lowest BCUT2D eigenvalue weighted by Gasteiger charge is -2.39. The Morgan fingerprint density at radius 1 is 1.12 bits per heavy atom. The first-order valence-electron chi connectivity index (χ1n) is 20.0. The highest BCUT2D eigenvalue weighted by molar-refractivity contribution is 5.84. The molecule has 1 fully saturated rings. The van der Waals surface area contributed by atoms with Gasteiger partial charge in [-0.05, 0) is 109 Å². The van der Waals surface area contributed by atoms with Gasteiger partial charge in [-0.15, -0.1) is 0 Å². The summed E-state index contributed by atoms with van der Waals surface area (Å²) in [5.41, 5.74) is 14.8. The minimum absolute atomic E-state index is 0.0268. The molecule has 6 N–H and O–H groups in total. The van der Waals surface area contributed by atoms with E-state index in [0.29, 0.717) is 49.3 Å². The van der Waals surface area contributed by atoms with Gasteiger partial charge in [0.25, 0.3) is 0 Å². The van der Waals surface area contributed by atoms with Crippen molar-refractivity contribution in [1.29, 1.82) is 0 Å². The van der Waals surface area contributed by atoms with Gasteiger partial charge >= 0.3 is 5.97 Å². The second kappa shape index (κ2) is 15.4. The van der Waals surface area contributed by atoms with Crippen LogP contribution in [0.25, 0.3) is 11.1 Å². The fourth-order valence-corrected chi connectivity index (χ4v) is 9.65. The Kier molecular flexibility index (Phi) is 10.4. The summed E-state index contributed by atoms with van der Waals surface area (Å²) in [5, 5.41) is 29.0. The van der Waals surface area contributed by atoms with Crippen molar-refractivity contribution in [3.8, 4) is 51.7 Å². The fourth-order valence-electron chi connectivity index (χ4n) is 9.65. The summed E-state index contributed by atoms with van der Waals surface area (Å²) in [6, 6.07) is 11.4. The van der Waals surface area contributed by atoms with Gasteiger partial charge in [0.15, 0.2) is 11.5 Å². The molecule has 0 saturated heterocycles. The molecular weight excluding hydrogens is 707 g/mol. The van der Waals surface area contributed by atoms with Crippen LogP contribution >= 0.6 is 0 Å². The third kappa shape index (κ3) is 7.19. The number of benzene rings is 3. The van der Waals surface area contributed by atoms with Gasteiger partial charge in [0.1, 0.15) is 36.6 Å². The highest BCUT2D eigenvalue weighted by atomic mass is 16.5. The number of fused-ring (bicyclic) bond motifs is 6. The molecule has 294 valence electrons. The molecule has 3 heterocycles. The van der Waals surface area contributed by atoms with Crippen molar-refractivity contribution in [3.05, 3.63) is 87.6 Å². The highest BCUT2D eigenvalue weighted by Gasteiger charge is 2.51. The molecule has 56 heavy (non-hydrogen) atoms. The lowest BCUT2D eigenvalue weighted by Crippen LogP contribution is -2.37. The van der Waals surface area contributed by atoms with E-state index >= 15 is 0 Å². The molecule has 0 amide bonds. The molecule has 10 heteroatoms. The van der Waals surface area contributed by atoms with E-state index in [1.807, 2.05) is 18.2 Å². The number of phenolic OH excluding ortho intramolecular Hbond substituents is 2. The molecule has 8 rings (SSSR count). The summed E-state index contributed by atoms with van der Waals surface area (Å²) in [6.45, 7) is 7.83. The molecular formula is C46H53N3O7. The van der Waals surface area contributed by atoms with E-state index in [-0.39, 0.29) is 41.6 Å². The van der Waals surface area contributed by atoms with Crippen LogP contribution in [0.3, 0.4) is 0 Å². The predicted molar refractivity (Wildman–Crippen MR) is 215 cm³/mol. The highest BCUT2D eigenvalue weighted by Crippen LogP contribution is 2.62. The first kappa shape index (κ1) is 37.8. The molecule has 5 aliphatic rings. The standard InChI is InChI=1S/C46H53N3O7/c1-26(2)13-15-48-16-17-54-39-22-35-29(20-38(39)52)6-5-7-37-30(8-11-41(47)49-37)18-28-12-14-46(23-28)24-31-19-32(51)21-40(53-4)42(31)34-10-9-33-36(25-55-27(3)50)44(35)56-45(33)43(34)46/h8-11,19-22,26,28,36,41,44,48-49,51-52H,6,12-18,23-25,47H2,1-4H3. The fraction of sp³-hybridized carbons (Fsp3) is 0.457. The summed E-state index contributed by atoms with van der Waals surface area (Å²) < 4.78 is 25.2. The number of aromatic hydroxyl groups is 2. The number of allylic oxidation sites excluding steroid dienone is 3. The Balaban J connectivity index is 1.29. The maximum atomic E-state index is 12.4. The first-order chi connectivity index (χ1) is 27.0. The monoisotopic (exact) mass is 759 g/mol. The SMILES string of the molecule is COc1cc(O)cc2c1-c1ccc3c4c1C1(CCC(CC5=C(C#CCc6cc(O)c(OCCNCCC(C)C)cc6C(O4)C3COC(C)=O)NC(N)C=C5)C1)C2. The average molecular weight is 760 g/mol. The number of nitrogens with two attached hydrogens (primary N) is 1. The molecule has 0 radical (unpaired) electrons. The van der Waals surface area contributed by atoms with Gasteiger partial charge < -0.3 is 45.5 Å². The molecule has 0 aromatic heterocycles. The van der Waals surface area contributed by atoms with Crippen LogP contribution in [-0.2, 0) is 27.8 Å². The van der Waals surface area contributed by atoms with Crippen LogP contribution in [0.4, 0.5) is 0 Å². The topological polar surface area (TPSA) is 145 Å². The van der Waals surface area contributed by atoms with Crippen LogP contribution < -0.4 is 30.6 Å². The van der Waals surface area contributed by atoms with E-state index < -0.39 is 6.10 Å². The molecule has 3 aliphatic heterocycles. The lowest BCUT2D eigenvalue weighted by molar-refractivity contribution is -0.141. The summed E-state index contributed by atoms with van der Waals surface area (Å²) in [5.74, 6) is 9.05. The van der Waals surface area contributed by atoms with E-state index in [4.69, 9.17) is 24.7 Å². The molecule has 10 nitrogen and oxygen atoms in total. The minimum Gasteiger partial charge on any atom is -0.508 e. The van der Waals surface area contributed by atoms with E-state index in [1.165, 1.54) is 6.92 Å². The Morgan fingerprint density at radius 3 is 2.79 bits per heavy atom. The van der Waals surface area contributed by atoms with Gasteiger partial charge in [-0.25, -0.2) is 0 Å². The number of rotatable bonds is 10. The molecule has 3 aromatic rings. The average Bonchev–Trinajstić information content (AvgIpc) is 3.73. The van der Waals surface area contributed by atoms with Gasteiger partial charge in [0.2, 0.25) is 0 Å². The van der Waals surface area contributed by atoms with Crippen molar-refractivity contribution in [2.45, 2.75) is 89.3 Å². The van der Waals surface area contributed by atoms with Crippen molar-refractivity contribution in [1.82, 2.24) is 10.6 Å². The second-order valence-electron chi connectivity index (χ2n) is 16.5. The van der Waals surface area contributed by atoms with Crippen LogP contribution in [0.15, 0.2) is 59.8 Å². The van der Waals surface area contributed by atoms with Gasteiger partial charge in [-0.3, -0.25) is 4.79 Å². The van der Waals surface area contributed by atoms with E-state index in [0.717, 1.165) is 94.6 Å². The third-order valence-corrected chi connectivity index (χ3v) is 12.2. The summed E-state index contributed by atoms with van der Waals surface area (Å²) in [6.07, 6.45) is 8.99. The van der Waals surface area contributed by atoms with Crippen LogP contribution in [0.2, 0.25) is 0 Å². The van der Waals surface area contributed by atoms with E-state index in [2.05, 4.69) is 54.5 Å². The second-order valence-corrected chi connectivity index (χ2v) is 16.5. The first-order valence-corrected chi connectivity index (χ1v) is 20.0. The number of hydrogen-bond acceptors (Lipinski definition) is 10. The predicted octanol–water partition coefficient (Wildman–Crippen LogP) is 6.81. The summed E-state index contributed by atoms with van der Waals surface area (Å²) in [4.78, 5) is 12.4. The Bertz CT molecular complexity index is 2160. The number of dihydropyridines is 1. The van der Waals surface area contributed by atoms with Crippen LogP contribution in [0.5, 0.6) is 28.7 Å². The molecule has 5 atom stereocenters. The number of phenols is 2. The number of nitrogens with one attached hydrogen (secondary N) is 2. The number of hydrogen-bond donors (Lipinski definition) is 5. The zero-order valence-corrected chi connectivity index (χ0v) is 32.8. The van der Waals surface area contributed by atoms with Crippen molar-refractivity contribution >= 4 is 5.97 Å². The largest absolute Gasteiger partial charge is 0.508 e. The number of esters is 1. The third-order valence-electron chi connectivity index (χ3n) is 12.2. The Morgan fingerprint density at radius 2 is 1.98 bits per heavy atom. The molecule has 1 spiro atoms. The maximum absolute atomic E-state index is 12.4. The summed E-state index contributed by atoms with van der Waals surface area (Å²) in [7, 11) is 1.64. The van der Waals surface area contributed by atoms with Crippen molar-refractivity contribution in [3.63, 3.8) is 0 Å². The van der Waals surface area contributed by atoms with Gasteiger partial charge in [0.05, 0.1) is 24.9 Å². The molecule has 1 saturated carbocycles. The quantitative estimate of drug-likeness (QED) is 0.0850. The summed E-state index contributed by atoms with van der Waals surface area (Å²) >= 11 is 0. The Labute approximate surface area is 329 Å². The van der Waals surface area contributed by atoms with Gasteiger partial charge in [-0.2, -0.15) is 0 Å². The van der Waals surface area contributed by atoms with Gasteiger partial charge in [0, 0.05) is 53.6 Å². The van der Waals surface area contributed by atoms with Crippen LogP contribution in [0, 0.1) is 23.7 Å². The number of ether oxygens (including phenoxy) is 4. The minimum atomic E-state index is -0.568. The lowest BCUT2D eigenvalue weighted by atomic mass is 9.65. The molecule has 4 bridgehead atoms. The molecule has 2 aliphatic carbocycles. The number of carbonyl (C=O) groups excluding carboxylic acids is 1. The van der Waals surface area contributed by atoms with E-state index in [1.54, 1.807) is 19.2 Å². The number of carbonyl (C=O) groups is 1. The Hall–Kier alpha value is -5.11. The van der Waals surface area contributed by atoms with Crippen LogP contribution in [0.1, 0.15) is 92.7 Å². The number of methoxy groups -OCH3 is 1. The van der Waals surface area contributed by atoms with Crippen molar-refractivity contribution in [2.75, 3.05) is 33.4 Å². The van der Waals surface area contributed by atoms with Gasteiger partial charge in [-0.1, -0.05) is 38.0 Å². The normalized spacial score (nSPS) is 24.0. The zero-order valence-electron chi connectivity index (χ0n) is 32.8. The van der Waals surface area contributed by atoms with E-state index in [9.17, 15) is 15.0 Å². The molecule has 3 aromatic carbocycles. The maximum Gasteiger partial charge on any atom is 0.302 e. The molecule has 5 unspecified atom stereocenters. The van der Waals surface area contributed by atoms with Crippen molar-refractivity contribution in [2.24, 2.45) is 17.6 Å². The smallest absolute Gasteiger partial charge is 0.302 e.